The van der Waals surface area contributed by atoms with E-state index in [0.29, 0.717) is 18.8 Å². The highest BCUT2D eigenvalue weighted by atomic mass is 17.2. The van der Waals surface area contributed by atoms with E-state index in [1.807, 2.05) is 20.8 Å². The molecule has 0 aromatic heterocycles. The van der Waals surface area contributed by atoms with Crippen LogP contribution < -0.4 is 0 Å². The lowest BCUT2D eigenvalue weighted by Gasteiger charge is -2.33. The molecule has 1 N–H and O–H groups in total. The Bertz CT molecular complexity index is 792. The molecule has 2 rings (SSSR count). The number of aromatic hydroxyl groups is 1. The Labute approximate surface area is 171 Å². The van der Waals surface area contributed by atoms with Crippen LogP contribution in [0.1, 0.15) is 57.7 Å². The van der Waals surface area contributed by atoms with E-state index < -0.39 is 17.7 Å². The van der Waals surface area contributed by atoms with Crippen LogP contribution in [0.25, 0.3) is 0 Å². The van der Waals surface area contributed by atoms with E-state index in [4.69, 9.17) is 19.2 Å². The van der Waals surface area contributed by atoms with E-state index in [1.54, 1.807) is 38.8 Å². The first-order valence-corrected chi connectivity index (χ1v) is 9.66. The summed E-state index contributed by atoms with van der Waals surface area (Å²) >= 11 is 0. The Morgan fingerprint density at radius 3 is 2.34 bits per heavy atom. The van der Waals surface area contributed by atoms with Crippen molar-refractivity contribution in [1.29, 1.82) is 0 Å². The molecule has 0 atom stereocenters. The summed E-state index contributed by atoms with van der Waals surface area (Å²) in [6, 6.07) is 3.55. The van der Waals surface area contributed by atoms with Gasteiger partial charge < -0.3 is 14.6 Å². The number of allylic oxidation sites excluding steroid dienone is 1. The first-order chi connectivity index (χ1) is 13.5. The van der Waals surface area contributed by atoms with Crippen LogP contribution in [-0.2, 0) is 40.7 Å². The van der Waals surface area contributed by atoms with Gasteiger partial charge in [-0.25, -0.2) is 14.5 Å². The molecule has 0 amide bonds. The van der Waals surface area contributed by atoms with Crippen LogP contribution >= 0.6 is 0 Å². The van der Waals surface area contributed by atoms with Crippen molar-refractivity contribution in [2.45, 2.75) is 66.1 Å². The molecule has 1 heterocycles. The molecule has 1 aromatic rings. The van der Waals surface area contributed by atoms with E-state index >= 15 is 0 Å². The third kappa shape index (κ3) is 5.60. The SMILES string of the molecule is Cc1cc(CC(=C=O)OOC(=O)C(C)(C)C2OCCCO2)cc(C(C)(C)C)c1O. The topological polar surface area (TPSA) is 91.3 Å². The molecule has 0 saturated carbocycles. The van der Waals surface area contributed by atoms with E-state index in [1.165, 1.54) is 0 Å². The van der Waals surface area contributed by atoms with Gasteiger partial charge in [0.05, 0.1) is 13.2 Å². The number of ether oxygens (including phenoxy) is 2. The fraction of sp³-hybridized carbons (Fsp3) is 0.591. The Balaban J connectivity index is 2.07. The number of hydrogen-bond acceptors (Lipinski definition) is 7. The smallest absolute Gasteiger partial charge is 0.366 e. The van der Waals surface area contributed by atoms with Gasteiger partial charge in [0.25, 0.3) is 0 Å². The van der Waals surface area contributed by atoms with E-state index in [9.17, 15) is 14.7 Å². The largest absolute Gasteiger partial charge is 0.507 e. The number of carbonyl (C=O) groups excluding carboxylic acids is 2. The third-order valence-corrected chi connectivity index (χ3v) is 4.81. The zero-order chi connectivity index (χ0) is 21.8. The normalized spacial score (nSPS) is 15.5. The Morgan fingerprint density at radius 1 is 1.17 bits per heavy atom. The Kier molecular flexibility index (Phi) is 7.11. The molecule has 7 nitrogen and oxygen atoms in total. The monoisotopic (exact) mass is 406 g/mol. The maximum Gasteiger partial charge on any atom is 0.366 e. The lowest BCUT2D eigenvalue weighted by Crippen LogP contribution is -2.44. The summed E-state index contributed by atoms with van der Waals surface area (Å²) in [5.74, 6) is 1.00. The van der Waals surface area contributed by atoms with Crippen LogP contribution in [-0.4, -0.2) is 36.5 Å². The maximum atomic E-state index is 12.4. The average molecular weight is 406 g/mol. The molecule has 0 unspecified atom stereocenters. The molecular formula is C22H30O7. The zero-order valence-corrected chi connectivity index (χ0v) is 18.0. The van der Waals surface area contributed by atoms with Crippen molar-refractivity contribution in [3.63, 3.8) is 0 Å². The molecule has 0 aliphatic carbocycles. The van der Waals surface area contributed by atoms with E-state index in [2.05, 4.69) is 0 Å². The highest BCUT2D eigenvalue weighted by Crippen LogP contribution is 2.34. The minimum absolute atomic E-state index is 0.0673. The first-order valence-electron chi connectivity index (χ1n) is 9.66. The van der Waals surface area contributed by atoms with Crippen LogP contribution in [0.5, 0.6) is 5.75 Å². The highest BCUT2D eigenvalue weighted by molar-refractivity contribution is 5.76. The van der Waals surface area contributed by atoms with Crippen molar-refractivity contribution in [2.24, 2.45) is 5.41 Å². The number of phenols is 1. The number of aryl methyl sites for hydroxylation is 1. The second-order valence-corrected chi connectivity index (χ2v) is 8.86. The van der Waals surface area contributed by atoms with Crippen molar-refractivity contribution in [1.82, 2.24) is 0 Å². The first kappa shape index (κ1) is 22.9. The lowest BCUT2D eigenvalue weighted by molar-refractivity contribution is -0.281. The van der Waals surface area contributed by atoms with Crippen LogP contribution in [0, 0.1) is 12.3 Å². The molecular weight excluding hydrogens is 376 g/mol. The summed E-state index contributed by atoms with van der Waals surface area (Å²) in [7, 11) is 0. The summed E-state index contributed by atoms with van der Waals surface area (Å²) < 4.78 is 11.0. The number of phenolic OH excluding ortho intramolecular Hbond substituents is 1. The van der Waals surface area contributed by atoms with Gasteiger partial charge in [-0.15, -0.1) is 0 Å². The van der Waals surface area contributed by atoms with Gasteiger partial charge >= 0.3 is 5.97 Å². The molecule has 0 bridgehead atoms. The molecule has 29 heavy (non-hydrogen) atoms. The molecule has 1 aliphatic rings. The van der Waals surface area contributed by atoms with Gasteiger partial charge in [0, 0.05) is 6.42 Å². The number of carbonyl (C=O) groups is 1. The van der Waals surface area contributed by atoms with Gasteiger partial charge in [-0.1, -0.05) is 32.9 Å². The number of rotatable bonds is 6. The van der Waals surface area contributed by atoms with E-state index in [-0.39, 0.29) is 23.3 Å². The lowest BCUT2D eigenvalue weighted by atomic mass is 9.84. The van der Waals surface area contributed by atoms with Gasteiger partial charge in [0.1, 0.15) is 11.2 Å². The van der Waals surface area contributed by atoms with Gasteiger partial charge in [-0.3, -0.25) is 4.89 Å². The van der Waals surface area contributed by atoms with Crippen molar-refractivity contribution < 1.29 is 33.9 Å². The number of benzene rings is 1. The average Bonchev–Trinajstić information content (AvgIpc) is 2.67. The summed E-state index contributed by atoms with van der Waals surface area (Å²) in [6.07, 6.45) is 0.0847. The third-order valence-electron chi connectivity index (χ3n) is 4.81. The molecule has 1 saturated heterocycles. The summed E-state index contributed by atoms with van der Waals surface area (Å²) in [5.41, 5.74) is 0.777. The zero-order valence-electron chi connectivity index (χ0n) is 18.0. The van der Waals surface area contributed by atoms with Crippen molar-refractivity contribution in [2.75, 3.05) is 13.2 Å². The second kappa shape index (κ2) is 8.99. The van der Waals surface area contributed by atoms with Crippen molar-refractivity contribution in [3.8, 4) is 5.75 Å². The predicted molar refractivity (Wildman–Crippen MR) is 106 cm³/mol. The van der Waals surface area contributed by atoms with Crippen molar-refractivity contribution >= 4 is 11.9 Å². The molecule has 0 radical (unpaired) electrons. The summed E-state index contributed by atoms with van der Waals surface area (Å²) in [6.45, 7) is 12.0. The summed E-state index contributed by atoms with van der Waals surface area (Å²) in [5, 5.41) is 10.3. The Hall–Kier alpha value is -2.34. The minimum atomic E-state index is -1.11. The van der Waals surface area contributed by atoms with Crippen LogP contribution in [0.15, 0.2) is 17.9 Å². The van der Waals surface area contributed by atoms with Gasteiger partial charge in [0.15, 0.2) is 12.2 Å². The highest BCUT2D eigenvalue weighted by Gasteiger charge is 2.42. The molecule has 0 spiro atoms. The quantitative estimate of drug-likeness (QED) is 0.334. The Morgan fingerprint density at radius 2 is 1.79 bits per heavy atom. The van der Waals surface area contributed by atoms with Crippen LogP contribution in [0.2, 0.25) is 0 Å². The van der Waals surface area contributed by atoms with Gasteiger partial charge in [-0.05, 0) is 49.3 Å². The second-order valence-electron chi connectivity index (χ2n) is 8.86. The van der Waals surface area contributed by atoms with Gasteiger partial charge in [-0.2, -0.15) is 0 Å². The number of hydrogen-bond donors (Lipinski definition) is 1. The maximum absolute atomic E-state index is 12.4. The van der Waals surface area contributed by atoms with Crippen LogP contribution in [0.4, 0.5) is 0 Å². The fourth-order valence-corrected chi connectivity index (χ4v) is 2.99. The molecule has 1 fully saturated rings. The molecule has 7 heteroatoms. The fourth-order valence-electron chi connectivity index (χ4n) is 2.99. The predicted octanol–water partition coefficient (Wildman–Crippen LogP) is 3.52. The molecule has 1 aromatic carbocycles. The summed E-state index contributed by atoms with van der Waals surface area (Å²) in [4.78, 5) is 33.7. The van der Waals surface area contributed by atoms with E-state index in [0.717, 1.165) is 17.5 Å². The van der Waals surface area contributed by atoms with Crippen LogP contribution in [0.3, 0.4) is 0 Å². The molecule has 160 valence electrons. The molecule has 1 aliphatic heterocycles. The van der Waals surface area contributed by atoms with Gasteiger partial charge in [0.2, 0.25) is 5.76 Å². The standard InChI is InChI=1S/C22H30O7/c1-14-10-15(12-17(18(14)24)21(2,3)4)11-16(13-23)28-29-19(25)22(5,6)20-26-8-7-9-27-20/h10,12,20,24H,7-9,11H2,1-6H3. The van der Waals surface area contributed by atoms with Crippen molar-refractivity contribution in [3.05, 3.63) is 34.6 Å². The minimum Gasteiger partial charge on any atom is -0.507 e.